The van der Waals surface area contributed by atoms with Crippen LogP contribution in [0, 0.1) is 0 Å². The van der Waals surface area contributed by atoms with Crippen LogP contribution in [0.2, 0.25) is 0 Å². The molecule has 0 radical (unpaired) electrons. The lowest BCUT2D eigenvalue weighted by molar-refractivity contribution is 0.412. The van der Waals surface area contributed by atoms with Crippen LogP contribution in [0.3, 0.4) is 0 Å². The van der Waals surface area contributed by atoms with Crippen molar-refractivity contribution in [3.8, 4) is 0 Å². The van der Waals surface area contributed by atoms with Gasteiger partial charge in [0.15, 0.2) is 0 Å². The van der Waals surface area contributed by atoms with Gasteiger partial charge < -0.3 is 9.73 Å². The van der Waals surface area contributed by atoms with Crippen molar-refractivity contribution in [3.63, 3.8) is 0 Å². The lowest BCUT2D eigenvalue weighted by atomic mass is 10.1. The van der Waals surface area contributed by atoms with Gasteiger partial charge in [-0.05, 0) is 25.1 Å². The number of hydrogen-bond acceptors (Lipinski definition) is 4. The number of aromatic nitrogens is 1. The molecule has 0 aliphatic carbocycles. The maximum atomic E-state index is 5.46. The highest BCUT2D eigenvalue weighted by atomic mass is 32.1. The fourth-order valence-electron chi connectivity index (χ4n) is 1.63. The highest BCUT2D eigenvalue weighted by molar-refractivity contribution is 7.09. The van der Waals surface area contributed by atoms with E-state index in [0.717, 1.165) is 25.1 Å². The summed E-state index contributed by atoms with van der Waals surface area (Å²) in [5.74, 6) is 1.00. The molecule has 0 saturated heterocycles. The molecule has 86 valence electrons. The molecule has 0 aliphatic heterocycles. The van der Waals surface area contributed by atoms with E-state index >= 15 is 0 Å². The molecule has 4 heteroatoms. The third-order valence-corrected chi connectivity index (χ3v) is 3.22. The Hall–Kier alpha value is -1.13. The largest absolute Gasteiger partial charge is 0.468 e. The molecule has 0 saturated carbocycles. The van der Waals surface area contributed by atoms with Crippen molar-refractivity contribution in [2.24, 2.45) is 0 Å². The number of furan rings is 1. The summed E-state index contributed by atoms with van der Waals surface area (Å²) in [6, 6.07) is 4.21. The fourth-order valence-corrected chi connectivity index (χ4v) is 2.27. The molecule has 16 heavy (non-hydrogen) atoms. The first kappa shape index (κ1) is 11.4. The first-order chi connectivity index (χ1) is 7.90. The summed E-state index contributed by atoms with van der Waals surface area (Å²) in [6.07, 6.45) is 5.72. The van der Waals surface area contributed by atoms with Crippen molar-refractivity contribution in [2.45, 2.75) is 25.8 Å². The molecule has 1 unspecified atom stereocenters. The molecule has 1 N–H and O–H groups in total. The molecular weight excluding hydrogens is 220 g/mol. The van der Waals surface area contributed by atoms with Gasteiger partial charge >= 0.3 is 0 Å². The lowest BCUT2D eigenvalue weighted by Crippen LogP contribution is -2.23. The van der Waals surface area contributed by atoms with Gasteiger partial charge in [-0.15, -0.1) is 11.3 Å². The van der Waals surface area contributed by atoms with E-state index in [-0.39, 0.29) is 6.04 Å². The number of hydrogen-bond donors (Lipinski definition) is 1. The molecule has 2 aromatic rings. The molecule has 2 heterocycles. The van der Waals surface area contributed by atoms with Crippen LogP contribution in [0.4, 0.5) is 0 Å². The van der Waals surface area contributed by atoms with Crippen LogP contribution in [-0.4, -0.2) is 11.5 Å². The predicted molar refractivity (Wildman–Crippen MR) is 65.6 cm³/mol. The average Bonchev–Trinajstić information content (AvgIpc) is 2.96. The lowest BCUT2D eigenvalue weighted by Gasteiger charge is -2.14. The average molecular weight is 236 g/mol. The summed E-state index contributed by atoms with van der Waals surface area (Å²) in [5.41, 5.74) is 1.87. The smallest absolute Gasteiger partial charge is 0.121 e. The van der Waals surface area contributed by atoms with Crippen molar-refractivity contribution in [1.29, 1.82) is 0 Å². The van der Waals surface area contributed by atoms with Crippen LogP contribution >= 0.6 is 11.3 Å². The van der Waals surface area contributed by atoms with E-state index in [2.05, 4.69) is 17.2 Å². The van der Waals surface area contributed by atoms with Gasteiger partial charge in [0.2, 0.25) is 0 Å². The van der Waals surface area contributed by atoms with Crippen LogP contribution in [0.15, 0.2) is 34.5 Å². The SMILES string of the molecule is CCCNC(Cc1cncs1)c1ccco1. The van der Waals surface area contributed by atoms with Gasteiger partial charge in [-0.3, -0.25) is 4.98 Å². The van der Waals surface area contributed by atoms with E-state index in [4.69, 9.17) is 4.42 Å². The molecular formula is C12H16N2OS. The topological polar surface area (TPSA) is 38.1 Å². The molecule has 0 amide bonds. The van der Waals surface area contributed by atoms with E-state index in [1.54, 1.807) is 17.6 Å². The summed E-state index contributed by atoms with van der Waals surface area (Å²) in [4.78, 5) is 5.38. The zero-order valence-corrected chi connectivity index (χ0v) is 10.2. The molecule has 2 aromatic heterocycles. The molecule has 2 rings (SSSR count). The summed E-state index contributed by atoms with van der Waals surface area (Å²) < 4.78 is 5.46. The molecule has 0 aromatic carbocycles. The van der Waals surface area contributed by atoms with Gasteiger partial charge in [-0.1, -0.05) is 6.92 Å². The first-order valence-corrected chi connectivity index (χ1v) is 6.42. The van der Waals surface area contributed by atoms with E-state index in [0.29, 0.717) is 0 Å². The van der Waals surface area contributed by atoms with Gasteiger partial charge in [0, 0.05) is 17.5 Å². The van der Waals surface area contributed by atoms with Gasteiger partial charge in [-0.25, -0.2) is 0 Å². The van der Waals surface area contributed by atoms with E-state index in [9.17, 15) is 0 Å². The van der Waals surface area contributed by atoms with Gasteiger partial charge in [0.05, 0.1) is 17.8 Å². The van der Waals surface area contributed by atoms with Crippen molar-refractivity contribution in [2.75, 3.05) is 6.54 Å². The third-order valence-electron chi connectivity index (χ3n) is 2.42. The summed E-state index contributed by atoms with van der Waals surface area (Å²) in [5, 5.41) is 3.50. The van der Waals surface area contributed by atoms with Crippen LogP contribution in [0.5, 0.6) is 0 Å². The maximum absolute atomic E-state index is 5.46. The normalized spacial score (nSPS) is 12.8. The molecule has 0 fully saturated rings. The summed E-state index contributed by atoms with van der Waals surface area (Å²) in [6.45, 7) is 3.17. The van der Waals surface area contributed by atoms with E-state index < -0.39 is 0 Å². The standard InChI is InChI=1S/C12H16N2OS/c1-2-5-14-11(12-4-3-6-15-12)7-10-8-13-9-16-10/h3-4,6,8-9,11,14H,2,5,7H2,1H3. The van der Waals surface area contributed by atoms with Crippen molar-refractivity contribution >= 4 is 11.3 Å². The van der Waals surface area contributed by atoms with E-state index in [1.165, 1.54) is 4.88 Å². The third kappa shape index (κ3) is 2.93. The van der Waals surface area contributed by atoms with Crippen LogP contribution in [0.25, 0.3) is 0 Å². The second-order valence-corrected chi connectivity index (χ2v) is 4.66. The molecule has 0 aliphatic rings. The highest BCUT2D eigenvalue weighted by Crippen LogP contribution is 2.20. The van der Waals surface area contributed by atoms with Gasteiger partial charge in [0.1, 0.15) is 5.76 Å². The van der Waals surface area contributed by atoms with Crippen molar-refractivity contribution in [3.05, 3.63) is 40.7 Å². The monoisotopic (exact) mass is 236 g/mol. The second-order valence-electron chi connectivity index (χ2n) is 3.69. The van der Waals surface area contributed by atoms with Crippen LogP contribution < -0.4 is 5.32 Å². The van der Waals surface area contributed by atoms with Gasteiger partial charge in [-0.2, -0.15) is 0 Å². The predicted octanol–water partition coefficient (Wildman–Crippen LogP) is 3.02. The Morgan fingerprint density at radius 1 is 1.56 bits per heavy atom. The minimum absolute atomic E-state index is 0.260. The van der Waals surface area contributed by atoms with E-state index in [1.807, 2.05) is 23.8 Å². The molecule has 0 bridgehead atoms. The Labute approximate surface area is 99.5 Å². The number of rotatable bonds is 6. The Morgan fingerprint density at radius 2 is 2.50 bits per heavy atom. The number of nitrogens with zero attached hydrogens (tertiary/aromatic N) is 1. The minimum Gasteiger partial charge on any atom is -0.468 e. The minimum atomic E-state index is 0.260. The zero-order valence-electron chi connectivity index (χ0n) is 9.35. The molecule has 0 spiro atoms. The van der Waals surface area contributed by atoms with Crippen molar-refractivity contribution in [1.82, 2.24) is 10.3 Å². The zero-order chi connectivity index (χ0) is 11.2. The van der Waals surface area contributed by atoms with Crippen LogP contribution in [0.1, 0.15) is 30.0 Å². The highest BCUT2D eigenvalue weighted by Gasteiger charge is 2.14. The summed E-state index contributed by atoms with van der Waals surface area (Å²) in [7, 11) is 0. The van der Waals surface area contributed by atoms with Gasteiger partial charge in [0.25, 0.3) is 0 Å². The number of thiazole rings is 1. The second kappa shape index (κ2) is 5.82. The van der Waals surface area contributed by atoms with Crippen LogP contribution in [-0.2, 0) is 6.42 Å². The quantitative estimate of drug-likeness (QED) is 0.837. The molecule has 3 nitrogen and oxygen atoms in total. The van der Waals surface area contributed by atoms with Crippen molar-refractivity contribution < 1.29 is 4.42 Å². The Kier molecular flexibility index (Phi) is 4.13. The summed E-state index contributed by atoms with van der Waals surface area (Å²) >= 11 is 1.69. The maximum Gasteiger partial charge on any atom is 0.121 e. The first-order valence-electron chi connectivity index (χ1n) is 5.54. The Balaban J connectivity index is 2.03. The molecule has 1 atom stereocenters. The fraction of sp³-hybridized carbons (Fsp3) is 0.417. The Morgan fingerprint density at radius 3 is 3.12 bits per heavy atom. The Bertz CT molecular complexity index is 383. The number of nitrogens with one attached hydrogen (secondary N) is 1.